The van der Waals surface area contributed by atoms with Crippen molar-refractivity contribution in [3.05, 3.63) is 76.5 Å². The van der Waals surface area contributed by atoms with Crippen molar-refractivity contribution in [1.82, 2.24) is 0 Å². The van der Waals surface area contributed by atoms with E-state index in [4.69, 9.17) is 21.1 Å². The summed E-state index contributed by atoms with van der Waals surface area (Å²) < 4.78 is 10.4. The average molecular weight is 340 g/mol. The molecule has 0 unspecified atom stereocenters. The van der Waals surface area contributed by atoms with Gasteiger partial charge < -0.3 is 9.47 Å². The number of ether oxygens (including phenoxy) is 2. The smallest absolute Gasteiger partial charge is 0.363 e. The highest BCUT2D eigenvalue weighted by atomic mass is 35.5. The van der Waals surface area contributed by atoms with E-state index in [9.17, 15) is 4.79 Å². The zero-order valence-corrected chi connectivity index (χ0v) is 13.7. The van der Waals surface area contributed by atoms with E-state index in [0.717, 1.165) is 11.3 Å². The summed E-state index contributed by atoms with van der Waals surface area (Å²) >= 11 is 6.09. The molecule has 0 aliphatic carbocycles. The van der Waals surface area contributed by atoms with Crippen molar-refractivity contribution in [1.29, 1.82) is 0 Å². The fourth-order valence-electron chi connectivity index (χ4n) is 2.20. The van der Waals surface area contributed by atoms with Crippen LogP contribution in [-0.2, 0) is 9.53 Å². The molecular weight excluding hydrogens is 326 g/mol. The first-order chi connectivity index (χ1) is 11.7. The van der Waals surface area contributed by atoms with Gasteiger partial charge in [-0.25, -0.2) is 9.79 Å². The predicted molar refractivity (Wildman–Crippen MR) is 95.0 cm³/mol. The van der Waals surface area contributed by atoms with Crippen LogP contribution in [0.1, 0.15) is 11.1 Å². The van der Waals surface area contributed by atoms with Crippen LogP contribution in [0.25, 0.3) is 12.2 Å². The Morgan fingerprint density at radius 2 is 1.75 bits per heavy atom. The van der Waals surface area contributed by atoms with Crippen molar-refractivity contribution >= 4 is 35.6 Å². The molecule has 0 fully saturated rings. The largest absolute Gasteiger partial charge is 0.496 e. The molecule has 0 aromatic heterocycles. The standard InChI is InChI=1S/C19H14ClNO3/c1-23-17-9-5-3-6-13(17)10-11-18-21-16(19(22)24-18)12-14-7-2-4-8-15(14)20/h2-12H,1H3. The second-order valence-corrected chi connectivity index (χ2v) is 5.37. The number of carbonyl (C=O) groups is 1. The van der Waals surface area contributed by atoms with Gasteiger partial charge in [0, 0.05) is 16.7 Å². The van der Waals surface area contributed by atoms with Gasteiger partial charge in [0.25, 0.3) is 0 Å². The van der Waals surface area contributed by atoms with Crippen molar-refractivity contribution in [2.45, 2.75) is 0 Å². The number of hydrogen-bond donors (Lipinski definition) is 0. The molecule has 3 rings (SSSR count). The first kappa shape index (κ1) is 16.0. The van der Waals surface area contributed by atoms with Crippen molar-refractivity contribution in [3.8, 4) is 5.75 Å². The fraction of sp³-hybridized carbons (Fsp3) is 0.0526. The highest BCUT2D eigenvalue weighted by Gasteiger charge is 2.21. The van der Waals surface area contributed by atoms with Gasteiger partial charge in [0.15, 0.2) is 5.70 Å². The lowest BCUT2D eigenvalue weighted by atomic mass is 10.2. The molecule has 0 amide bonds. The fourth-order valence-corrected chi connectivity index (χ4v) is 2.39. The second-order valence-electron chi connectivity index (χ2n) is 4.97. The van der Waals surface area contributed by atoms with Crippen LogP contribution < -0.4 is 4.74 Å². The van der Waals surface area contributed by atoms with E-state index >= 15 is 0 Å². The number of nitrogens with zero attached hydrogens (tertiary/aromatic N) is 1. The number of carbonyl (C=O) groups excluding carboxylic acids is 1. The maximum absolute atomic E-state index is 11.9. The Kier molecular flexibility index (Phi) is 4.77. The first-order valence-electron chi connectivity index (χ1n) is 7.25. The molecule has 0 bridgehead atoms. The van der Waals surface area contributed by atoms with Gasteiger partial charge in [0.2, 0.25) is 5.90 Å². The van der Waals surface area contributed by atoms with Crippen molar-refractivity contribution in [2.24, 2.45) is 4.99 Å². The molecule has 0 N–H and O–H groups in total. The summed E-state index contributed by atoms with van der Waals surface area (Å²) in [5, 5.41) is 0.547. The first-order valence-corrected chi connectivity index (χ1v) is 7.63. The molecule has 1 aliphatic rings. The monoisotopic (exact) mass is 339 g/mol. The average Bonchev–Trinajstić information content (AvgIpc) is 2.95. The minimum atomic E-state index is -0.505. The Hall–Kier alpha value is -2.85. The molecule has 5 heteroatoms. The van der Waals surface area contributed by atoms with Gasteiger partial charge in [-0.15, -0.1) is 0 Å². The zero-order chi connectivity index (χ0) is 16.9. The molecule has 0 atom stereocenters. The Morgan fingerprint density at radius 1 is 1.04 bits per heavy atom. The lowest BCUT2D eigenvalue weighted by molar-refractivity contribution is -0.129. The quantitative estimate of drug-likeness (QED) is 0.614. The summed E-state index contributed by atoms with van der Waals surface area (Å²) in [6, 6.07) is 14.7. The zero-order valence-electron chi connectivity index (χ0n) is 12.9. The van der Waals surface area contributed by atoms with Crippen LogP contribution in [0.2, 0.25) is 5.02 Å². The number of para-hydroxylation sites is 1. The third kappa shape index (κ3) is 3.55. The number of esters is 1. The lowest BCUT2D eigenvalue weighted by Gasteiger charge is -2.02. The van der Waals surface area contributed by atoms with E-state index in [1.54, 1.807) is 37.5 Å². The van der Waals surface area contributed by atoms with Crippen molar-refractivity contribution in [3.63, 3.8) is 0 Å². The van der Waals surface area contributed by atoms with E-state index in [-0.39, 0.29) is 11.6 Å². The number of aliphatic imine (C=N–C) groups is 1. The van der Waals surface area contributed by atoms with E-state index in [0.29, 0.717) is 10.6 Å². The van der Waals surface area contributed by atoms with Gasteiger partial charge in [0.05, 0.1) is 7.11 Å². The molecule has 24 heavy (non-hydrogen) atoms. The number of rotatable bonds is 4. The maximum Gasteiger partial charge on any atom is 0.363 e. The van der Waals surface area contributed by atoms with Crippen LogP contribution in [0.3, 0.4) is 0 Å². The Balaban J connectivity index is 1.84. The molecule has 2 aromatic carbocycles. The normalized spacial score (nSPS) is 15.7. The molecule has 2 aromatic rings. The Morgan fingerprint density at radius 3 is 2.50 bits per heavy atom. The molecule has 0 saturated heterocycles. The summed E-state index contributed by atoms with van der Waals surface area (Å²) in [4.78, 5) is 16.1. The Bertz CT molecular complexity index is 868. The third-order valence-corrected chi connectivity index (χ3v) is 3.72. The van der Waals surface area contributed by atoms with Gasteiger partial charge in [-0.05, 0) is 29.8 Å². The summed E-state index contributed by atoms with van der Waals surface area (Å²) in [5.41, 5.74) is 1.79. The van der Waals surface area contributed by atoms with E-state index in [1.165, 1.54) is 0 Å². The molecule has 0 saturated carbocycles. The predicted octanol–water partition coefficient (Wildman–Crippen LogP) is 4.36. The molecule has 1 heterocycles. The molecule has 120 valence electrons. The molecule has 4 nitrogen and oxygen atoms in total. The van der Waals surface area contributed by atoms with Crippen LogP contribution in [0.4, 0.5) is 0 Å². The SMILES string of the molecule is COc1ccccc1C=CC1=NC(=Cc2ccccc2Cl)C(=O)O1. The number of benzene rings is 2. The highest BCUT2D eigenvalue weighted by molar-refractivity contribution is 6.32. The summed E-state index contributed by atoms with van der Waals surface area (Å²) in [5.74, 6) is 0.448. The van der Waals surface area contributed by atoms with E-state index in [1.807, 2.05) is 36.4 Å². The summed E-state index contributed by atoms with van der Waals surface area (Å²) in [7, 11) is 1.60. The third-order valence-electron chi connectivity index (χ3n) is 3.38. The van der Waals surface area contributed by atoms with Gasteiger partial charge in [-0.2, -0.15) is 0 Å². The maximum atomic E-state index is 11.9. The highest BCUT2D eigenvalue weighted by Crippen LogP contribution is 2.23. The van der Waals surface area contributed by atoms with Crippen LogP contribution in [-0.4, -0.2) is 19.0 Å². The van der Waals surface area contributed by atoms with Crippen LogP contribution >= 0.6 is 11.6 Å². The van der Waals surface area contributed by atoms with Crippen molar-refractivity contribution < 1.29 is 14.3 Å². The van der Waals surface area contributed by atoms with Crippen LogP contribution in [0, 0.1) is 0 Å². The minimum absolute atomic E-state index is 0.211. The van der Waals surface area contributed by atoms with Gasteiger partial charge in [-0.1, -0.05) is 48.0 Å². The Labute approximate surface area is 144 Å². The number of hydrogen-bond acceptors (Lipinski definition) is 4. The van der Waals surface area contributed by atoms with E-state index < -0.39 is 5.97 Å². The molecule has 1 aliphatic heterocycles. The van der Waals surface area contributed by atoms with Gasteiger partial charge in [0.1, 0.15) is 5.75 Å². The second kappa shape index (κ2) is 7.15. The number of methoxy groups -OCH3 is 1. The number of cyclic esters (lactones) is 1. The topological polar surface area (TPSA) is 47.9 Å². The van der Waals surface area contributed by atoms with Crippen LogP contribution in [0.15, 0.2) is 65.3 Å². The van der Waals surface area contributed by atoms with Gasteiger partial charge >= 0.3 is 5.97 Å². The number of halogens is 1. The summed E-state index contributed by atoms with van der Waals surface area (Å²) in [6.45, 7) is 0. The molecule has 0 radical (unpaired) electrons. The van der Waals surface area contributed by atoms with Gasteiger partial charge in [-0.3, -0.25) is 0 Å². The molecule has 0 spiro atoms. The molecular formula is C19H14ClNO3. The minimum Gasteiger partial charge on any atom is -0.496 e. The van der Waals surface area contributed by atoms with Crippen molar-refractivity contribution in [2.75, 3.05) is 7.11 Å². The summed E-state index contributed by atoms with van der Waals surface area (Å²) in [6.07, 6.45) is 5.02. The van der Waals surface area contributed by atoms with Crippen LogP contribution in [0.5, 0.6) is 5.75 Å². The lowest BCUT2D eigenvalue weighted by Crippen LogP contribution is -2.01. The van der Waals surface area contributed by atoms with E-state index in [2.05, 4.69) is 4.99 Å².